The zero-order valence-corrected chi connectivity index (χ0v) is 15.6. The average Bonchev–Trinajstić information content (AvgIpc) is 3.29. The molecule has 2 aliphatic rings. The normalized spacial score (nSPS) is 20.3. The third kappa shape index (κ3) is 4.09. The van der Waals surface area contributed by atoms with Gasteiger partial charge in [0.2, 0.25) is 0 Å². The highest BCUT2D eigenvalue weighted by Gasteiger charge is 2.37. The monoisotopic (exact) mass is 426 g/mol. The highest BCUT2D eigenvalue weighted by Crippen LogP contribution is 2.35. The third-order valence-corrected chi connectivity index (χ3v) is 4.59. The summed E-state index contributed by atoms with van der Waals surface area (Å²) in [6.07, 6.45) is 3.46. The van der Waals surface area contributed by atoms with Crippen molar-refractivity contribution in [3.63, 3.8) is 0 Å². The molecule has 0 bridgehead atoms. The summed E-state index contributed by atoms with van der Waals surface area (Å²) in [5.74, 6) is -3.05. The maximum absolute atomic E-state index is 13.6. The molecular weight excluding hydrogens is 412 g/mol. The van der Waals surface area contributed by atoms with Crippen LogP contribution in [0.4, 0.5) is 22.4 Å². The highest BCUT2D eigenvalue weighted by atomic mass is 35.5. The van der Waals surface area contributed by atoms with Crippen LogP contribution in [0.2, 0.25) is 0 Å². The van der Waals surface area contributed by atoms with Crippen molar-refractivity contribution in [3.8, 4) is 0 Å². The van der Waals surface area contributed by atoms with E-state index < -0.39 is 41.4 Å². The molecule has 2 heterocycles. The number of rotatable bonds is 2. The first-order valence-corrected chi connectivity index (χ1v) is 8.51. The predicted molar refractivity (Wildman–Crippen MR) is 101 cm³/mol. The standard InChI is InChI=1S/C19H14F4N4O.ClH/c20-13-5-11(6-14(21)9-13)17-1-3-24-26(17)19(28)27-18(2-4-25-27)12-7-15(22)10-16(23)8-12;/h3-10,17-18H,1-2H2;1H. The van der Waals surface area contributed by atoms with Crippen molar-refractivity contribution in [1.29, 1.82) is 0 Å². The van der Waals surface area contributed by atoms with E-state index in [9.17, 15) is 22.4 Å². The number of hydrazone groups is 2. The van der Waals surface area contributed by atoms with Gasteiger partial charge in [-0.1, -0.05) is 0 Å². The maximum atomic E-state index is 13.6. The number of carbonyl (C=O) groups excluding carboxylic acids is 1. The van der Waals surface area contributed by atoms with Crippen LogP contribution in [0.25, 0.3) is 0 Å². The summed E-state index contributed by atoms with van der Waals surface area (Å²) >= 11 is 0. The van der Waals surface area contributed by atoms with Crippen LogP contribution < -0.4 is 0 Å². The number of hydrogen-bond donors (Lipinski definition) is 0. The van der Waals surface area contributed by atoms with E-state index >= 15 is 0 Å². The Morgan fingerprint density at radius 2 is 1.07 bits per heavy atom. The lowest BCUT2D eigenvalue weighted by Gasteiger charge is -2.29. The smallest absolute Gasteiger partial charge is 0.244 e. The first kappa shape index (κ1) is 20.8. The highest BCUT2D eigenvalue weighted by molar-refractivity contribution is 5.85. The summed E-state index contributed by atoms with van der Waals surface area (Å²) in [6, 6.07) is 3.94. The van der Waals surface area contributed by atoms with E-state index in [2.05, 4.69) is 10.2 Å². The lowest BCUT2D eigenvalue weighted by Crippen LogP contribution is -2.38. The van der Waals surface area contributed by atoms with Crippen LogP contribution in [-0.2, 0) is 0 Å². The average molecular weight is 427 g/mol. The van der Waals surface area contributed by atoms with Gasteiger partial charge >= 0.3 is 6.03 Å². The number of benzene rings is 2. The van der Waals surface area contributed by atoms with Crippen molar-refractivity contribution in [2.75, 3.05) is 0 Å². The van der Waals surface area contributed by atoms with Crippen molar-refractivity contribution in [2.45, 2.75) is 24.9 Å². The fraction of sp³-hybridized carbons (Fsp3) is 0.211. The molecule has 0 spiro atoms. The van der Waals surface area contributed by atoms with Gasteiger partial charge in [-0.3, -0.25) is 0 Å². The van der Waals surface area contributed by atoms with E-state index in [1.807, 2.05) is 0 Å². The summed E-state index contributed by atoms with van der Waals surface area (Å²) in [6.45, 7) is 0. The first-order valence-electron chi connectivity index (χ1n) is 8.51. The molecule has 0 saturated heterocycles. The largest absolute Gasteiger partial charge is 0.361 e. The predicted octanol–water partition coefficient (Wildman–Crippen LogP) is 4.95. The molecule has 2 amide bonds. The van der Waals surface area contributed by atoms with Crippen molar-refractivity contribution in [2.24, 2.45) is 10.2 Å². The number of halogens is 5. The molecule has 29 heavy (non-hydrogen) atoms. The second-order valence-corrected chi connectivity index (χ2v) is 6.48. The van der Waals surface area contributed by atoms with E-state index in [-0.39, 0.29) is 36.4 Å². The molecule has 2 atom stereocenters. The van der Waals surface area contributed by atoms with E-state index in [4.69, 9.17) is 0 Å². The Hall–Kier alpha value is -2.94. The SMILES string of the molecule is Cl.O=C(N1N=CCC1c1cc(F)cc(F)c1)N1N=CCC1c1cc(F)cc(F)c1. The van der Waals surface area contributed by atoms with Gasteiger partial charge in [0.05, 0.1) is 12.1 Å². The summed E-state index contributed by atoms with van der Waals surface area (Å²) in [5.41, 5.74) is 0.500. The van der Waals surface area contributed by atoms with Crippen LogP contribution in [0.1, 0.15) is 36.1 Å². The Morgan fingerprint density at radius 1 is 0.724 bits per heavy atom. The van der Waals surface area contributed by atoms with Crippen molar-refractivity contribution < 1.29 is 22.4 Å². The summed E-state index contributed by atoms with van der Waals surface area (Å²) in [7, 11) is 0. The van der Waals surface area contributed by atoms with Crippen molar-refractivity contribution >= 4 is 30.9 Å². The summed E-state index contributed by atoms with van der Waals surface area (Å²) in [5, 5.41) is 10.2. The minimum absolute atomic E-state index is 0. The Morgan fingerprint density at radius 3 is 1.41 bits per heavy atom. The quantitative estimate of drug-likeness (QED) is 0.627. The Labute approximate surface area is 169 Å². The molecule has 0 saturated carbocycles. The zero-order valence-electron chi connectivity index (χ0n) is 14.8. The Bertz CT molecular complexity index is 882. The molecule has 2 aromatic carbocycles. The van der Waals surface area contributed by atoms with Crippen LogP contribution in [0, 0.1) is 23.3 Å². The van der Waals surface area contributed by atoms with Gasteiger partial charge in [-0.15, -0.1) is 12.4 Å². The second kappa shape index (κ2) is 8.20. The van der Waals surface area contributed by atoms with Gasteiger partial charge in [-0.25, -0.2) is 32.4 Å². The minimum Gasteiger partial charge on any atom is -0.244 e. The molecular formula is C19H15ClF4N4O. The Kier molecular flexibility index (Phi) is 5.88. The lowest BCUT2D eigenvalue weighted by atomic mass is 10.0. The van der Waals surface area contributed by atoms with Crippen LogP contribution >= 0.6 is 12.4 Å². The fourth-order valence-corrected chi connectivity index (χ4v) is 3.39. The molecule has 5 nitrogen and oxygen atoms in total. The fourth-order valence-electron chi connectivity index (χ4n) is 3.39. The van der Waals surface area contributed by atoms with E-state index in [0.29, 0.717) is 0 Å². The van der Waals surface area contributed by atoms with E-state index in [1.165, 1.54) is 12.4 Å². The van der Waals surface area contributed by atoms with E-state index in [0.717, 1.165) is 46.4 Å². The molecule has 152 valence electrons. The topological polar surface area (TPSA) is 48.3 Å². The second-order valence-electron chi connectivity index (χ2n) is 6.48. The minimum atomic E-state index is -0.762. The molecule has 4 rings (SSSR count). The molecule has 0 radical (unpaired) electrons. The first-order chi connectivity index (χ1) is 13.4. The van der Waals surface area contributed by atoms with Crippen LogP contribution in [-0.4, -0.2) is 28.5 Å². The van der Waals surface area contributed by atoms with E-state index in [1.54, 1.807) is 0 Å². The molecule has 0 N–H and O–H groups in total. The Balaban J connectivity index is 0.00000240. The number of urea groups is 1. The van der Waals surface area contributed by atoms with Crippen LogP contribution in [0.15, 0.2) is 46.6 Å². The summed E-state index contributed by atoms with van der Waals surface area (Å²) < 4.78 is 54.3. The van der Waals surface area contributed by atoms with Gasteiger partial charge in [0.25, 0.3) is 0 Å². The number of carbonyl (C=O) groups is 1. The summed E-state index contributed by atoms with van der Waals surface area (Å²) in [4.78, 5) is 13.0. The number of nitrogens with zero attached hydrogens (tertiary/aromatic N) is 4. The lowest BCUT2D eigenvalue weighted by molar-refractivity contribution is 0.131. The van der Waals surface area contributed by atoms with Gasteiger partial charge in [-0.05, 0) is 35.4 Å². The molecule has 0 fully saturated rings. The molecule has 0 aromatic heterocycles. The van der Waals surface area contributed by atoms with Crippen LogP contribution in [0.5, 0.6) is 0 Å². The third-order valence-electron chi connectivity index (χ3n) is 4.59. The molecule has 2 aromatic rings. The van der Waals surface area contributed by atoms with Gasteiger partial charge in [0, 0.05) is 37.4 Å². The number of hydrogen-bond acceptors (Lipinski definition) is 3. The van der Waals surface area contributed by atoms with Gasteiger partial charge < -0.3 is 0 Å². The zero-order chi connectivity index (χ0) is 19.8. The molecule has 2 aliphatic heterocycles. The van der Waals surface area contributed by atoms with Gasteiger partial charge in [0.15, 0.2) is 0 Å². The maximum Gasteiger partial charge on any atom is 0.361 e. The molecule has 10 heteroatoms. The number of amides is 2. The van der Waals surface area contributed by atoms with Gasteiger partial charge in [0.1, 0.15) is 23.3 Å². The van der Waals surface area contributed by atoms with Crippen molar-refractivity contribution in [1.82, 2.24) is 10.0 Å². The van der Waals surface area contributed by atoms with Crippen LogP contribution in [0.3, 0.4) is 0 Å². The molecule has 2 unspecified atom stereocenters. The van der Waals surface area contributed by atoms with Gasteiger partial charge in [-0.2, -0.15) is 10.2 Å². The molecule has 0 aliphatic carbocycles. The van der Waals surface area contributed by atoms with Crippen molar-refractivity contribution in [3.05, 3.63) is 70.8 Å².